The Labute approximate surface area is 175 Å². The second-order valence-electron chi connectivity index (χ2n) is 7.18. The average molecular weight is 433 g/mol. The zero-order valence-corrected chi connectivity index (χ0v) is 17.3. The second kappa shape index (κ2) is 8.90. The monoisotopic (exact) mass is 432 g/mol. The fraction of sp³-hybridized carbons (Fsp3) is 0.350. The van der Waals surface area contributed by atoms with Crippen molar-refractivity contribution in [1.82, 2.24) is 14.6 Å². The van der Waals surface area contributed by atoms with Crippen LogP contribution in [0.5, 0.6) is 0 Å². The number of aromatic nitrogens is 1. The number of primary amides is 1. The minimum absolute atomic E-state index is 0.0584. The number of amides is 2. The molecule has 2 aromatic rings. The maximum Gasteiger partial charge on any atom is 0.250 e. The Bertz CT molecular complexity index is 1030. The van der Waals surface area contributed by atoms with Crippen LogP contribution < -0.4 is 10.5 Å². The predicted octanol–water partition coefficient (Wildman–Crippen LogP) is 0.173. The number of piperidine rings is 1. The van der Waals surface area contributed by atoms with E-state index in [4.69, 9.17) is 5.73 Å². The van der Waals surface area contributed by atoms with Crippen molar-refractivity contribution in [2.75, 3.05) is 13.1 Å². The summed E-state index contributed by atoms with van der Waals surface area (Å²) in [6.45, 7) is 2.09. The Morgan fingerprint density at radius 3 is 2.53 bits per heavy atom. The lowest BCUT2D eigenvalue weighted by Crippen LogP contribution is -2.56. The fourth-order valence-corrected chi connectivity index (χ4v) is 4.88. The van der Waals surface area contributed by atoms with Crippen LogP contribution in [0, 0.1) is 6.92 Å². The molecule has 4 N–H and O–H groups in total. The van der Waals surface area contributed by atoms with Crippen molar-refractivity contribution in [2.45, 2.75) is 36.8 Å². The van der Waals surface area contributed by atoms with Gasteiger partial charge in [-0.3, -0.25) is 14.6 Å². The van der Waals surface area contributed by atoms with E-state index in [1.165, 1.54) is 11.0 Å². The Morgan fingerprint density at radius 1 is 1.23 bits per heavy atom. The largest absolute Gasteiger partial charge is 0.393 e. The standard InChI is InChI=1S/C20H24N4O5S/c1-13-16(14-4-3-9-22-12-14)5-2-6-17(13)30(28,29)23-18(19(21)26)20(27)24-10-7-15(25)8-11-24/h2-6,9,12,15,18,23,25H,7-8,10-11H2,1H3,(H2,21,26)/t18-/m0/s1. The second-order valence-corrected chi connectivity index (χ2v) is 8.87. The van der Waals surface area contributed by atoms with Gasteiger partial charge in [0, 0.05) is 31.0 Å². The van der Waals surface area contributed by atoms with E-state index in [1.54, 1.807) is 43.6 Å². The van der Waals surface area contributed by atoms with Crippen molar-refractivity contribution < 1.29 is 23.1 Å². The highest BCUT2D eigenvalue weighted by Crippen LogP contribution is 2.27. The number of carbonyl (C=O) groups excluding carboxylic acids is 2. The van der Waals surface area contributed by atoms with Crippen molar-refractivity contribution >= 4 is 21.8 Å². The van der Waals surface area contributed by atoms with Crippen LogP contribution in [0.3, 0.4) is 0 Å². The molecule has 0 unspecified atom stereocenters. The molecule has 0 radical (unpaired) electrons. The Hall–Kier alpha value is -2.82. The van der Waals surface area contributed by atoms with E-state index in [-0.39, 0.29) is 18.0 Å². The number of nitrogens with one attached hydrogen (secondary N) is 1. The van der Waals surface area contributed by atoms with E-state index in [2.05, 4.69) is 9.71 Å². The molecule has 1 aliphatic rings. The average Bonchev–Trinajstić information content (AvgIpc) is 2.72. The van der Waals surface area contributed by atoms with Crippen molar-refractivity contribution in [1.29, 1.82) is 0 Å². The fourth-order valence-electron chi connectivity index (χ4n) is 3.46. The van der Waals surface area contributed by atoms with Crippen LogP contribution in [0.15, 0.2) is 47.6 Å². The third-order valence-electron chi connectivity index (χ3n) is 5.13. The van der Waals surface area contributed by atoms with Crippen LogP contribution in [0.4, 0.5) is 0 Å². The van der Waals surface area contributed by atoms with Gasteiger partial charge in [0.1, 0.15) is 0 Å². The van der Waals surface area contributed by atoms with Crippen LogP contribution in [-0.2, 0) is 19.6 Å². The minimum Gasteiger partial charge on any atom is -0.393 e. The van der Waals surface area contributed by atoms with Gasteiger partial charge in [-0.05, 0) is 43.0 Å². The van der Waals surface area contributed by atoms with Crippen LogP contribution >= 0.6 is 0 Å². The molecule has 0 bridgehead atoms. The summed E-state index contributed by atoms with van der Waals surface area (Å²) in [7, 11) is -4.23. The molecule has 0 spiro atoms. The van der Waals surface area contributed by atoms with Gasteiger partial charge in [-0.1, -0.05) is 18.2 Å². The first-order valence-electron chi connectivity index (χ1n) is 9.49. The molecule has 1 saturated heterocycles. The molecular weight excluding hydrogens is 408 g/mol. The van der Waals surface area contributed by atoms with Gasteiger partial charge in [-0.25, -0.2) is 8.42 Å². The van der Waals surface area contributed by atoms with Crippen LogP contribution in [0.25, 0.3) is 11.1 Å². The number of nitrogens with zero attached hydrogens (tertiary/aromatic N) is 2. The molecule has 30 heavy (non-hydrogen) atoms. The Morgan fingerprint density at radius 2 is 1.93 bits per heavy atom. The van der Waals surface area contributed by atoms with Crippen molar-refractivity contribution in [3.8, 4) is 11.1 Å². The summed E-state index contributed by atoms with van der Waals surface area (Å²) < 4.78 is 28.3. The highest BCUT2D eigenvalue weighted by atomic mass is 32.2. The minimum atomic E-state index is -4.23. The number of nitrogens with two attached hydrogens (primary N) is 1. The number of rotatable bonds is 6. The number of aliphatic hydroxyl groups is 1. The summed E-state index contributed by atoms with van der Waals surface area (Å²) >= 11 is 0. The number of benzene rings is 1. The lowest BCUT2D eigenvalue weighted by molar-refractivity contribution is -0.139. The molecule has 3 rings (SSSR count). The number of likely N-dealkylation sites (tertiary alicyclic amines) is 1. The maximum atomic E-state index is 13.0. The van der Waals surface area contributed by atoms with E-state index in [1.807, 2.05) is 0 Å². The van der Waals surface area contributed by atoms with E-state index in [9.17, 15) is 23.1 Å². The first-order valence-corrected chi connectivity index (χ1v) is 11.0. The van der Waals surface area contributed by atoms with E-state index < -0.39 is 34.0 Å². The maximum absolute atomic E-state index is 13.0. The van der Waals surface area contributed by atoms with Gasteiger partial charge in [0.15, 0.2) is 6.04 Å². The highest BCUT2D eigenvalue weighted by Gasteiger charge is 2.35. The number of hydrogen-bond donors (Lipinski definition) is 3. The summed E-state index contributed by atoms with van der Waals surface area (Å²) in [5.74, 6) is -1.81. The van der Waals surface area contributed by atoms with Gasteiger partial charge >= 0.3 is 0 Å². The highest BCUT2D eigenvalue weighted by molar-refractivity contribution is 7.89. The van der Waals surface area contributed by atoms with Gasteiger partial charge in [-0.15, -0.1) is 0 Å². The number of pyridine rings is 1. The van der Waals surface area contributed by atoms with Crippen LogP contribution in [0.2, 0.25) is 0 Å². The summed E-state index contributed by atoms with van der Waals surface area (Å²) in [4.78, 5) is 30.0. The number of carbonyl (C=O) groups is 2. The van der Waals surface area contributed by atoms with Gasteiger partial charge in [0.25, 0.3) is 0 Å². The van der Waals surface area contributed by atoms with Crippen LogP contribution in [0.1, 0.15) is 18.4 Å². The summed E-state index contributed by atoms with van der Waals surface area (Å²) in [6, 6.07) is 6.56. The van der Waals surface area contributed by atoms with Gasteiger partial charge in [-0.2, -0.15) is 4.72 Å². The third kappa shape index (κ3) is 4.66. The molecule has 0 aliphatic carbocycles. The first kappa shape index (κ1) is 21.9. The SMILES string of the molecule is Cc1c(-c2cccnc2)cccc1S(=O)(=O)N[C@@H](C(N)=O)C(=O)N1CCC(O)CC1. The van der Waals surface area contributed by atoms with Crippen LogP contribution in [-0.4, -0.2) is 60.5 Å². The van der Waals surface area contributed by atoms with Crippen molar-refractivity contribution in [3.63, 3.8) is 0 Å². The molecule has 2 heterocycles. The summed E-state index contributed by atoms with van der Waals surface area (Å²) in [5, 5.41) is 9.60. The quantitative estimate of drug-likeness (QED) is 0.556. The van der Waals surface area contributed by atoms with E-state index in [0.717, 1.165) is 5.56 Å². The molecular formula is C20H24N4O5S. The van der Waals surface area contributed by atoms with Gasteiger partial charge in [0.05, 0.1) is 11.0 Å². The van der Waals surface area contributed by atoms with Crippen molar-refractivity contribution in [3.05, 3.63) is 48.3 Å². The van der Waals surface area contributed by atoms with Crippen molar-refractivity contribution in [2.24, 2.45) is 5.73 Å². The topological polar surface area (TPSA) is 143 Å². The van der Waals surface area contributed by atoms with Gasteiger partial charge < -0.3 is 15.7 Å². The Kier molecular flexibility index (Phi) is 6.49. The normalized spacial score (nSPS) is 16.3. The predicted molar refractivity (Wildman–Crippen MR) is 110 cm³/mol. The molecule has 1 aromatic heterocycles. The number of aliphatic hydroxyl groups excluding tert-OH is 1. The smallest absolute Gasteiger partial charge is 0.250 e. The molecule has 1 aromatic carbocycles. The molecule has 10 heteroatoms. The molecule has 1 aliphatic heterocycles. The molecule has 9 nitrogen and oxygen atoms in total. The summed E-state index contributed by atoms with van der Waals surface area (Å²) in [5.41, 5.74) is 7.20. The summed E-state index contributed by atoms with van der Waals surface area (Å²) in [6.07, 6.45) is 3.43. The molecule has 1 fully saturated rings. The molecule has 2 amide bonds. The third-order valence-corrected chi connectivity index (χ3v) is 6.69. The lowest BCUT2D eigenvalue weighted by atomic mass is 10.0. The zero-order valence-electron chi connectivity index (χ0n) is 16.5. The van der Waals surface area contributed by atoms with Gasteiger partial charge in [0.2, 0.25) is 21.8 Å². The van der Waals surface area contributed by atoms with E-state index in [0.29, 0.717) is 24.0 Å². The number of sulfonamides is 1. The zero-order chi connectivity index (χ0) is 21.9. The molecule has 1 atom stereocenters. The Balaban J connectivity index is 1.89. The molecule has 0 saturated carbocycles. The first-order chi connectivity index (χ1) is 14.2. The van der Waals surface area contributed by atoms with E-state index >= 15 is 0 Å². The number of hydrogen-bond acceptors (Lipinski definition) is 6. The molecule has 160 valence electrons. The lowest BCUT2D eigenvalue weighted by Gasteiger charge is -2.31.